The lowest BCUT2D eigenvalue weighted by molar-refractivity contribution is 0.0205. The number of fused-ring (bicyclic) bond motifs is 1. The molecule has 1 N–H and O–H groups in total. The van der Waals surface area contributed by atoms with Crippen LogP contribution in [0.15, 0.2) is 24.5 Å². The molecular weight excluding hydrogens is 356 g/mol. The molecule has 150 valence electrons. The highest BCUT2D eigenvalue weighted by Crippen LogP contribution is 2.31. The molecule has 1 saturated heterocycles. The van der Waals surface area contributed by atoms with Crippen LogP contribution in [0.3, 0.4) is 0 Å². The van der Waals surface area contributed by atoms with E-state index in [0.29, 0.717) is 30.6 Å². The van der Waals surface area contributed by atoms with Gasteiger partial charge in [0.15, 0.2) is 0 Å². The molecule has 4 rings (SSSR count). The van der Waals surface area contributed by atoms with Crippen molar-refractivity contribution in [3.05, 3.63) is 35.7 Å². The summed E-state index contributed by atoms with van der Waals surface area (Å²) < 4.78 is 7.26. The first-order valence-corrected chi connectivity index (χ1v) is 10.1. The highest BCUT2D eigenvalue weighted by molar-refractivity contribution is 5.94. The van der Waals surface area contributed by atoms with Crippen LogP contribution in [-0.4, -0.2) is 51.2 Å². The smallest absolute Gasteiger partial charge is 0.410 e. The van der Waals surface area contributed by atoms with Crippen molar-refractivity contribution in [3.8, 4) is 0 Å². The summed E-state index contributed by atoms with van der Waals surface area (Å²) in [4.78, 5) is 26.3. The first-order chi connectivity index (χ1) is 13.3. The van der Waals surface area contributed by atoms with E-state index in [2.05, 4.69) is 10.4 Å². The predicted molar refractivity (Wildman–Crippen MR) is 105 cm³/mol. The van der Waals surface area contributed by atoms with E-state index < -0.39 is 5.60 Å². The Hall–Kier alpha value is -2.57. The Morgan fingerprint density at radius 2 is 1.86 bits per heavy atom. The predicted octanol–water partition coefficient (Wildman–Crippen LogP) is 3.34. The number of carbonyl (C=O) groups is 2. The SMILES string of the molecule is CC(C)(C)OC(=O)N1CCC(c2cnn3cc(C(=O)NC4CC4)ccc23)CC1. The Morgan fingerprint density at radius 3 is 2.50 bits per heavy atom. The van der Waals surface area contributed by atoms with E-state index in [1.807, 2.05) is 39.1 Å². The summed E-state index contributed by atoms with van der Waals surface area (Å²) in [7, 11) is 0. The minimum absolute atomic E-state index is 0.0351. The maximum absolute atomic E-state index is 12.3. The van der Waals surface area contributed by atoms with Crippen molar-refractivity contribution in [2.45, 2.75) is 64.0 Å². The highest BCUT2D eigenvalue weighted by Gasteiger charge is 2.29. The second kappa shape index (κ2) is 7.11. The van der Waals surface area contributed by atoms with E-state index in [-0.39, 0.29) is 12.0 Å². The van der Waals surface area contributed by atoms with Crippen LogP contribution in [0.1, 0.15) is 68.3 Å². The van der Waals surface area contributed by atoms with Gasteiger partial charge in [0.1, 0.15) is 5.60 Å². The van der Waals surface area contributed by atoms with Crippen LogP contribution in [0.5, 0.6) is 0 Å². The van der Waals surface area contributed by atoms with Crippen molar-refractivity contribution in [2.75, 3.05) is 13.1 Å². The summed E-state index contributed by atoms with van der Waals surface area (Å²) in [6.07, 6.45) is 7.36. The van der Waals surface area contributed by atoms with Gasteiger partial charge in [0.25, 0.3) is 5.91 Å². The van der Waals surface area contributed by atoms with Crippen molar-refractivity contribution in [2.24, 2.45) is 0 Å². The summed E-state index contributed by atoms with van der Waals surface area (Å²) in [5, 5.41) is 7.47. The third-order valence-corrected chi connectivity index (χ3v) is 5.31. The average Bonchev–Trinajstić information content (AvgIpc) is 3.36. The van der Waals surface area contributed by atoms with Gasteiger partial charge in [0, 0.05) is 30.9 Å². The number of piperidine rings is 1. The molecular formula is C21H28N4O3. The third-order valence-electron chi connectivity index (χ3n) is 5.31. The molecule has 0 bridgehead atoms. The quantitative estimate of drug-likeness (QED) is 0.881. The number of pyridine rings is 1. The number of carbonyl (C=O) groups excluding carboxylic acids is 2. The maximum atomic E-state index is 12.3. The normalized spacial score (nSPS) is 18.3. The Labute approximate surface area is 165 Å². The topological polar surface area (TPSA) is 75.9 Å². The number of hydrogen-bond donors (Lipinski definition) is 1. The van der Waals surface area contributed by atoms with Gasteiger partial charge < -0.3 is 15.0 Å². The number of hydrogen-bond acceptors (Lipinski definition) is 4. The van der Waals surface area contributed by atoms with Crippen molar-refractivity contribution in [1.82, 2.24) is 19.8 Å². The molecule has 7 nitrogen and oxygen atoms in total. The summed E-state index contributed by atoms with van der Waals surface area (Å²) in [6.45, 7) is 7.01. The van der Waals surface area contributed by atoms with Gasteiger partial charge in [0.2, 0.25) is 0 Å². The molecule has 0 aromatic carbocycles. The monoisotopic (exact) mass is 384 g/mol. The van der Waals surface area contributed by atoms with Crippen molar-refractivity contribution < 1.29 is 14.3 Å². The van der Waals surface area contributed by atoms with Crippen molar-refractivity contribution in [1.29, 1.82) is 0 Å². The van der Waals surface area contributed by atoms with Gasteiger partial charge in [-0.3, -0.25) is 4.79 Å². The molecule has 1 aliphatic carbocycles. The van der Waals surface area contributed by atoms with Crippen LogP contribution in [0, 0.1) is 0 Å². The van der Waals surface area contributed by atoms with Crippen LogP contribution in [0.2, 0.25) is 0 Å². The van der Waals surface area contributed by atoms with E-state index in [4.69, 9.17) is 4.74 Å². The van der Waals surface area contributed by atoms with E-state index in [1.165, 1.54) is 5.56 Å². The van der Waals surface area contributed by atoms with Crippen molar-refractivity contribution in [3.63, 3.8) is 0 Å². The van der Waals surface area contributed by atoms with Crippen molar-refractivity contribution >= 4 is 17.5 Å². The van der Waals surface area contributed by atoms with Gasteiger partial charge in [0.05, 0.1) is 17.3 Å². The van der Waals surface area contributed by atoms with E-state index >= 15 is 0 Å². The van der Waals surface area contributed by atoms with Crippen LogP contribution in [0.4, 0.5) is 4.79 Å². The zero-order chi connectivity index (χ0) is 19.9. The molecule has 28 heavy (non-hydrogen) atoms. The number of likely N-dealkylation sites (tertiary alicyclic amines) is 1. The third kappa shape index (κ3) is 4.13. The lowest BCUT2D eigenvalue weighted by atomic mass is 9.90. The molecule has 0 spiro atoms. The summed E-state index contributed by atoms with van der Waals surface area (Å²) >= 11 is 0. The Bertz CT molecular complexity index is 887. The summed E-state index contributed by atoms with van der Waals surface area (Å²) in [5.74, 6) is 0.314. The zero-order valence-electron chi connectivity index (χ0n) is 16.8. The lowest BCUT2D eigenvalue weighted by Gasteiger charge is -2.33. The molecule has 3 heterocycles. The fourth-order valence-corrected chi connectivity index (χ4v) is 3.65. The first kappa shape index (κ1) is 18.8. The number of nitrogens with zero attached hydrogens (tertiary/aromatic N) is 3. The second-order valence-corrected chi connectivity index (χ2v) is 8.84. The fourth-order valence-electron chi connectivity index (χ4n) is 3.65. The molecule has 1 aliphatic heterocycles. The number of rotatable bonds is 3. The molecule has 0 atom stereocenters. The van der Waals surface area contributed by atoms with E-state index in [1.54, 1.807) is 15.6 Å². The summed E-state index contributed by atoms with van der Waals surface area (Å²) in [5.41, 5.74) is 2.37. The summed E-state index contributed by atoms with van der Waals surface area (Å²) in [6, 6.07) is 4.19. The van der Waals surface area contributed by atoms with Gasteiger partial charge in [-0.1, -0.05) is 0 Å². The molecule has 2 aromatic rings. The fraction of sp³-hybridized carbons (Fsp3) is 0.571. The maximum Gasteiger partial charge on any atom is 0.410 e. The molecule has 7 heteroatoms. The number of aromatic nitrogens is 2. The van der Waals surface area contributed by atoms with Gasteiger partial charge >= 0.3 is 6.09 Å². The van der Waals surface area contributed by atoms with E-state index in [9.17, 15) is 9.59 Å². The minimum atomic E-state index is -0.472. The van der Waals surface area contributed by atoms with Crippen LogP contribution < -0.4 is 5.32 Å². The minimum Gasteiger partial charge on any atom is -0.444 e. The average molecular weight is 384 g/mol. The number of nitrogens with one attached hydrogen (secondary N) is 1. The number of amides is 2. The van der Waals surface area contributed by atoms with Gasteiger partial charge in [-0.15, -0.1) is 0 Å². The number of ether oxygens (including phenoxy) is 1. The van der Waals surface area contributed by atoms with E-state index in [0.717, 1.165) is 31.2 Å². The van der Waals surface area contributed by atoms with Crippen LogP contribution in [0.25, 0.3) is 5.52 Å². The molecule has 2 aromatic heterocycles. The zero-order valence-corrected chi connectivity index (χ0v) is 16.8. The Morgan fingerprint density at radius 1 is 1.14 bits per heavy atom. The van der Waals surface area contributed by atoms with Gasteiger partial charge in [-0.05, 0) is 64.5 Å². The Balaban J connectivity index is 1.42. The standard InChI is InChI=1S/C21H28N4O3/c1-21(2,3)28-20(27)24-10-8-14(9-11-24)17-12-22-25-13-15(4-7-18(17)25)19(26)23-16-5-6-16/h4,7,12-14,16H,5-6,8-11H2,1-3H3,(H,23,26). The van der Waals surface area contributed by atoms with Gasteiger partial charge in [-0.2, -0.15) is 5.10 Å². The molecule has 2 aliphatic rings. The second-order valence-electron chi connectivity index (χ2n) is 8.84. The Kier molecular flexibility index (Phi) is 4.77. The molecule has 0 unspecified atom stereocenters. The molecule has 1 saturated carbocycles. The van der Waals surface area contributed by atoms with Gasteiger partial charge in [-0.25, -0.2) is 9.31 Å². The largest absolute Gasteiger partial charge is 0.444 e. The molecule has 0 radical (unpaired) electrons. The highest BCUT2D eigenvalue weighted by atomic mass is 16.6. The van der Waals surface area contributed by atoms with Crippen LogP contribution in [-0.2, 0) is 4.74 Å². The van der Waals surface area contributed by atoms with Crippen LogP contribution >= 0.6 is 0 Å². The molecule has 2 amide bonds. The first-order valence-electron chi connectivity index (χ1n) is 10.1. The molecule has 2 fully saturated rings. The lowest BCUT2D eigenvalue weighted by Crippen LogP contribution is -2.41.